The minimum atomic E-state index is -0.585. The van der Waals surface area contributed by atoms with E-state index in [4.69, 9.17) is 4.74 Å². The van der Waals surface area contributed by atoms with Crippen molar-refractivity contribution in [3.8, 4) is 0 Å². The van der Waals surface area contributed by atoms with E-state index >= 15 is 0 Å². The monoisotopic (exact) mass is 320 g/mol. The summed E-state index contributed by atoms with van der Waals surface area (Å²) in [5, 5.41) is 7.87. The summed E-state index contributed by atoms with van der Waals surface area (Å²) in [4.78, 5) is 36.6. The average Bonchev–Trinajstić information content (AvgIpc) is 2.92. The van der Waals surface area contributed by atoms with Gasteiger partial charge in [0.05, 0.1) is 5.39 Å². The van der Waals surface area contributed by atoms with Gasteiger partial charge in [-0.3, -0.25) is 14.4 Å². The zero-order chi connectivity index (χ0) is 15.5. The molecule has 0 atom stereocenters. The SMILES string of the molecule is O=C(CN1CCSC1=O)OCn1nnc2ccccc2c1=O. The van der Waals surface area contributed by atoms with E-state index in [-0.39, 0.29) is 24.1 Å². The molecule has 1 aliphatic rings. The Morgan fingerprint density at radius 1 is 1.32 bits per heavy atom. The highest BCUT2D eigenvalue weighted by Crippen LogP contribution is 2.16. The summed E-state index contributed by atoms with van der Waals surface area (Å²) in [6.07, 6.45) is 0. The third-order valence-electron chi connectivity index (χ3n) is 3.14. The lowest BCUT2D eigenvalue weighted by Gasteiger charge is -2.13. The van der Waals surface area contributed by atoms with E-state index in [9.17, 15) is 14.4 Å². The Balaban J connectivity index is 1.66. The molecule has 8 nitrogen and oxygen atoms in total. The molecule has 2 aromatic rings. The third-order valence-corrected chi connectivity index (χ3v) is 4.03. The molecule has 0 spiro atoms. The molecule has 0 saturated carbocycles. The average molecular weight is 320 g/mol. The van der Waals surface area contributed by atoms with Gasteiger partial charge in [-0.2, -0.15) is 4.68 Å². The van der Waals surface area contributed by atoms with E-state index in [0.717, 1.165) is 4.68 Å². The first-order valence-electron chi connectivity index (χ1n) is 6.55. The van der Waals surface area contributed by atoms with Gasteiger partial charge < -0.3 is 9.64 Å². The quantitative estimate of drug-likeness (QED) is 0.755. The van der Waals surface area contributed by atoms with Crippen LogP contribution in [0, 0.1) is 0 Å². The van der Waals surface area contributed by atoms with E-state index < -0.39 is 5.97 Å². The first-order valence-corrected chi connectivity index (χ1v) is 7.53. The van der Waals surface area contributed by atoms with Gasteiger partial charge in [0, 0.05) is 12.3 Å². The number of nitrogens with zero attached hydrogens (tertiary/aromatic N) is 4. The molecular weight excluding hydrogens is 308 g/mol. The largest absolute Gasteiger partial charge is 0.441 e. The predicted octanol–water partition coefficient (Wildman–Crippen LogP) is 0.461. The molecule has 1 amide bonds. The number of amides is 1. The fraction of sp³-hybridized carbons (Fsp3) is 0.308. The lowest BCUT2D eigenvalue weighted by Crippen LogP contribution is -2.33. The van der Waals surface area contributed by atoms with Crippen molar-refractivity contribution in [2.45, 2.75) is 6.73 Å². The summed E-state index contributed by atoms with van der Waals surface area (Å²) in [5.41, 5.74) is 0.0981. The van der Waals surface area contributed by atoms with Crippen molar-refractivity contribution in [2.24, 2.45) is 0 Å². The van der Waals surface area contributed by atoms with Crippen LogP contribution in [0.4, 0.5) is 4.79 Å². The van der Waals surface area contributed by atoms with E-state index in [1.54, 1.807) is 24.3 Å². The van der Waals surface area contributed by atoms with E-state index in [1.807, 2.05) is 0 Å². The molecule has 1 aromatic carbocycles. The normalized spacial score (nSPS) is 14.5. The number of fused-ring (bicyclic) bond motifs is 1. The zero-order valence-electron chi connectivity index (χ0n) is 11.5. The molecule has 2 heterocycles. The van der Waals surface area contributed by atoms with Crippen LogP contribution in [0.2, 0.25) is 0 Å². The molecule has 0 bridgehead atoms. The first kappa shape index (κ1) is 14.5. The van der Waals surface area contributed by atoms with E-state index in [1.165, 1.54) is 16.7 Å². The van der Waals surface area contributed by atoms with Crippen LogP contribution in [0.15, 0.2) is 29.1 Å². The fourth-order valence-electron chi connectivity index (χ4n) is 2.01. The zero-order valence-corrected chi connectivity index (χ0v) is 12.3. The third kappa shape index (κ3) is 2.93. The molecule has 0 aliphatic carbocycles. The van der Waals surface area contributed by atoms with Gasteiger partial charge in [0.15, 0.2) is 6.73 Å². The number of esters is 1. The molecule has 0 unspecified atom stereocenters. The second kappa shape index (κ2) is 6.14. The van der Waals surface area contributed by atoms with E-state index in [0.29, 0.717) is 23.2 Å². The minimum absolute atomic E-state index is 0.123. The number of aromatic nitrogens is 3. The van der Waals surface area contributed by atoms with Gasteiger partial charge in [-0.1, -0.05) is 29.1 Å². The Bertz CT molecular complexity index is 791. The molecule has 9 heteroatoms. The fourth-order valence-corrected chi connectivity index (χ4v) is 2.84. The van der Waals surface area contributed by atoms with Crippen molar-refractivity contribution in [1.29, 1.82) is 0 Å². The smallest absolute Gasteiger partial charge is 0.327 e. The van der Waals surface area contributed by atoms with Gasteiger partial charge in [-0.25, -0.2) is 0 Å². The Morgan fingerprint density at radius 3 is 2.91 bits per heavy atom. The molecule has 114 valence electrons. The van der Waals surface area contributed by atoms with E-state index in [2.05, 4.69) is 10.3 Å². The van der Waals surface area contributed by atoms with Crippen LogP contribution in [-0.2, 0) is 16.3 Å². The van der Waals surface area contributed by atoms with Crippen LogP contribution < -0.4 is 5.56 Å². The molecule has 1 aliphatic heterocycles. The molecule has 22 heavy (non-hydrogen) atoms. The number of benzene rings is 1. The number of ether oxygens (including phenoxy) is 1. The molecular formula is C13H12N4O4S. The van der Waals surface area contributed by atoms with Crippen molar-refractivity contribution in [3.05, 3.63) is 34.6 Å². The molecule has 1 saturated heterocycles. The van der Waals surface area contributed by atoms with Gasteiger partial charge >= 0.3 is 5.97 Å². The Kier molecular flexibility index (Phi) is 4.05. The minimum Gasteiger partial charge on any atom is -0.441 e. The summed E-state index contributed by atoms with van der Waals surface area (Å²) in [6, 6.07) is 6.78. The van der Waals surface area contributed by atoms with Crippen molar-refractivity contribution >= 4 is 33.9 Å². The number of hydrogen-bond acceptors (Lipinski definition) is 7. The second-order valence-corrected chi connectivity index (χ2v) is 5.64. The van der Waals surface area contributed by atoms with Crippen LogP contribution in [0.1, 0.15) is 0 Å². The maximum atomic E-state index is 12.1. The molecule has 3 rings (SSSR count). The maximum absolute atomic E-state index is 12.1. The molecule has 1 aromatic heterocycles. The topological polar surface area (TPSA) is 94.4 Å². The number of thioether (sulfide) groups is 1. The molecule has 0 radical (unpaired) electrons. The Morgan fingerprint density at radius 2 is 2.14 bits per heavy atom. The summed E-state index contributed by atoms with van der Waals surface area (Å²) in [7, 11) is 0. The van der Waals surface area contributed by atoms with Gasteiger partial charge in [0.1, 0.15) is 12.1 Å². The lowest BCUT2D eigenvalue weighted by molar-refractivity contribution is -0.148. The highest BCUT2D eigenvalue weighted by Gasteiger charge is 2.23. The highest BCUT2D eigenvalue weighted by molar-refractivity contribution is 8.13. The summed E-state index contributed by atoms with van der Waals surface area (Å²) in [6.45, 7) is 0.0700. The first-order chi connectivity index (χ1) is 10.6. The standard InChI is InChI=1S/C13H12N4O4S/c18-11(7-16-5-6-22-13(16)20)21-8-17-12(19)9-3-1-2-4-10(9)14-15-17/h1-4H,5-8H2. The van der Waals surface area contributed by atoms with Crippen molar-refractivity contribution in [2.75, 3.05) is 18.8 Å². The number of carbonyl (C=O) groups excluding carboxylic acids is 2. The number of carbonyl (C=O) groups is 2. The van der Waals surface area contributed by atoms with Gasteiger partial charge in [0.25, 0.3) is 10.8 Å². The highest BCUT2D eigenvalue weighted by atomic mass is 32.2. The number of rotatable bonds is 4. The van der Waals surface area contributed by atoms with Gasteiger partial charge in [-0.05, 0) is 12.1 Å². The summed E-state index contributed by atoms with van der Waals surface area (Å²) >= 11 is 1.17. The Labute approximate surface area is 129 Å². The van der Waals surface area contributed by atoms with Crippen LogP contribution in [0.25, 0.3) is 10.9 Å². The van der Waals surface area contributed by atoms with Crippen LogP contribution in [0.3, 0.4) is 0 Å². The van der Waals surface area contributed by atoms with Crippen molar-refractivity contribution < 1.29 is 14.3 Å². The lowest BCUT2D eigenvalue weighted by atomic mass is 10.2. The number of hydrogen-bond donors (Lipinski definition) is 0. The second-order valence-electron chi connectivity index (χ2n) is 4.59. The summed E-state index contributed by atoms with van der Waals surface area (Å²) < 4.78 is 5.96. The maximum Gasteiger partial charge on any atom is 0.327 e. The van der Waals surface area contributed by atoms with Crippen LogP contribution in [-0.4, -0.2) is 49.9 Å². The van der Waals surface area contributed by atoms with Gasteiger partial charge in [0.2, 0.25) is 0 Å². The molecule has 1 fully saturated rings. The van der Waals surface area contributed by atoms with Crippen molar-refractivity contribution in [3.63, 3.8) is 0 Å². The molecule has 0 N–H and O–H groups in total. The summed E-state index contributed by atoms with van der Waals surface area (Å²) in [5.74, 6) is 0.0829. The van der Waals surface area contributed by atoms with Crippen LogP contribution >= 0.6 is 11.8 Å². The van der Waals surface area contributed by atoms with Crippen molar-refractivity contribution in [1.82, 2.24) is 19.9 Å². The predicted molar refractivity (Wildman–Crippen MR) is 79.3 cm³/mol. The van der Waals surface area contributed by atoms with Gasteiger partial charge in [-0.15, -0.1) is 5.10 Å². The Hall–Kier alpha value is -2.42. The van der Waals surface area contributed by atoms with Crippen LogP contribution in [0.5, 0.6) is 0 Å².